The Bertz CT molecular complexity index is 587. The highest BCUT2D eigenvalue weighted by Crippen LogP contribution is 2.44. The van der Waals surface area contributed by atoms with Crippen molar-refractivity contribution < 1.29 is 0 Å². The van der Waals surface area contributed by atoms with Crippen LogP contribution in [0.2, 0.25) is 0 Å². The lowest BCUT2D eigenvalue weighted by Gasteiger charge is -2.21. The third-order valence-corrected chi connectivity index (χ3v) is 3.90. The zero-order chi connectivity index (χ0) is 11.1. The Morgan fingerprint density at radius 2 is 1.69 bits per heavy atom. The molecule has 2 heteroatoms. The van der Waals surface area contributed by atoms with Gasteiger partial charge in [-0.25, -0.2) is 0 Å². The topological polar surface area (TPSA) is 26.0 Å². The number of benzene rings is 2. The molecular weight excluding hydrogens is 214 g/mol. The van der Waals surface area contributed by atoms with Gasteiger partial charge in [0.15, 0.2) is 0 Å². The van der Waals surface area contributed by atoms with Crippen molar-refractivity contribution in [1.29, 1.82) is 0 Å². The zero-order valence-corrected chi connectivity index (χ0v) is 9.55. The van der Waals surface area contributed by atoms with E-state index >= 15 is 0 Å². The predicted octanol–water partition coefficient (Wildman–Crippen LogP) is 3.79. The molecule has 0 saturated carbocycles. The number of anilines is 1. The minimum absolute atomic E-state index is 0.804. The molecule has 0 atom stereocenters. The molecule has 3 rings (SSSR count). The largest absolute Gasteiger partial charge is 0.399 e. The summed E-state index contributed by atoms with van der Waals surface area (Å²) < 4.78 is 0. The van der Waals surface area contributed by atoms with Crippen LogP contribution in [0.4, 0.5) is 5.69 Å². The fraction of sp³-hybridized carbons (Fsp3) is 0. The Morgan fingerprint density at radius 3 is 2.56 bits per heavy atom. The highest BCUT2D eigenvalue weighted by Gasteiger charge is 2.18. The molecule has 2 aromatic rings. The van der Waals surface area contributed by atoms with Crippen molar-refractivity contribution in [3.05, 3.63) is 60.2 Å². The van der Waals surface area contributed by atoms with Gasteiger partial charge in [-0.3, -0.25) is 0 Å². The molecule has 0 bridgehead atoms. The molecule has 1 aliphatic rings. The van der Waals surface area contributed by atoms with Gasteiger partial charge in [0.25, 0.3) is 0 Å². The second-order valence-electron chi connectivity index (χ2n) is 3.83. The normalized spacial score (nSPS) is 13.1. The lowest BCUT2D eigenvalue weighted by Crippen LogP contribution is -1.98. The van der Waals surface area contributed by atoms with Gasteiger partial charge >= 0.3 is 0 Å². The third-order valence-electron chi connectivity index (χ3n) is 2.76. The van der Waals surface area contributed by atoms with Crippen molar-refractivity contribution in [2.75, 3.05) is 5.73 Å². The standard InChI is InChI=1S/C14H11NS/c1-9-11-4-2-3-5-13(11)16-14-8-10(15)6-7-12(9)14/h2-8H,1,15H2. The molecule has 0 unspecified atom stereocenters. The Labute approximate surface area is 99.0 Å². The van der Waals surface area contributed by atoms with Gasteiger partial charge in [0.2, 0.25) is 0 Å². The van der Waals surface area contributed by atoms with E-state index in [0.717, 1.165) is 11.3 Å². The van der Waals surface area contributed by atoms with Crippen molar-refractivity contribution in [2.24, 2.45) is 0 Å². The highest BCUT2D eigenvalue weighted by atomic mass is 32.2. The van der Waals surface area contributed by atoms with Crippen molar-refractivity contribution in [2.45, 2.75) is 9.79 Å². The highest BCUT2D eigenvalue weighted by molar-refractivity contribution is 7.99. The summed E-state index contributed by atoms with van der Waals surface area (Å²) >= 11 is 1.76. The van der Waals surface area contributed by atoms with Crippen LogP contribution in [-0.2, 0) is 0 Å². The van der Waals surface area contributed by atoms with Crippen molar-refractivity contribution in [3.8, 4) is 0 Å². The first-order valence-electron chi connectivity index (χ1n) is 5.12. The van der Waals surface area contributed by atoms with Gasteiger partial charge in [-0.2, -0.15) is 0 Å². The van der Waals surface area contributed by atoms with E-state index in [0.29, 0.717) is 0 Å². The molecule has 0 spiro atoms. The summed E-state index contributed by atoms with van der Waals surface area (Å²) in [7, 11) is 0. The maximum atomic E-state index is 5.80. The molecule has 78 valence electrons. The first-order chi connectivity index (χ1) is 7.75. The molecule has 1 aliphatic heterocycles. The van der Waals surface area contributed by atoms with Crippen LogP contribution >= 0.6 is 11.8 Å². The first-order valence-corrected chi connectivity index (χ1v) is 5.93. The molecule has 0 aliphatic carbocycles. The summed E-state index contributed by atoms with van der Waals surface area (Å²) in [5.74, 6) is 0. The molecule has 1 nitrogen and oxygen atoms in total. The minimum atomic E-state index is 0.804. The summed E-state index contributed by atoms with van der Waals surface area (Å²) in [6.45, 7) is 4.17. The van der Waals surface area contributed by atoms with Crippen LogP contribution < -0.4 is 5.73 Å². The maximum Gasteiger partial charge on any atom is 0.0325 e. The molecule has 0 saturated heterocycles. The van der Waals surface area contributed by atoms with Crippen LogP contribution in [0.3, 0.4) is 0 Å². The summed E-state index contributed by atoms with van der Waals surface area (Å²) in [6, 6.07) is 14.3. The predicted molar refractivity (Wildman–Crippen MR) is 69.6 cm³/mol. The quantitative estimate of drug-likeness (QED) is 0.589. The Kier molecular flexibility index (Phi) is 2.04. The fourth-order valence-electron chi connectivity index (χ4n) is 1.94. The zero-order valence-electron chi connectivity index (χ0n) is 8.73. The van der Waals surface area contributed by atoms with E-state index in [1.54, 1.807) is 11.8 Å². The van der Waals surface area contributed by atoms with Crippen molar-refractivity contribution in [3.63, 3.8) is 0 Å². The summed E-state index contributed by atoms with van der Waals surface area (Å²) in [4.78, 5) is 2.45. The second kappa shape index (κ2) is 3.42. The van der Waals surface area contributed by atoms with Gasteiger partial charge in [-0.05, 0) is 34.9 Å². The van der Waals surface area contributed by atoms with Crippen LogP contribution in [0.25, 0.3) is 5.57 Å². The van der Waals surface area contributed by atoms with E-state index in [2.05, 4.69) is 30.8 Å². The monoisotopic (exact) mass is 225 g/mol. The average Bonchev–Trinajstić information content (AvgIpc) is 2.29. The van der Waals surface area contributed by atoms with E-state index in [9.17, 15) is 0 Å². The maximum absolute atomic E-state index is 5.80. The van der Waals surface area contributed by atoms with Crippen LogP contribution in [0.1, 0.15) is 11.1 Å². The summed E-state index contributed by atoms with van der Waals surface area (Å²) in [5, 5.41) is 0. The molecule has 0 aromatic heterocycles. The van der Waals surface area contributed by atoms with E-state index in [1.165, 1.54) is 20.9 Å². The summed E-state index contributed by atoms with van der Waals surface area (Å²) in [5.41, 5.74) is 10.1. The van der Waals surface area contributed by atoms with Gasteiger partial charge in [0, 0.05) is 15.5 Å². The molecule has 1 heterocycles. The molecule has 0 radical (unpaired) electrons. The Balaban J connectivity index is 2.22. The Morgan fingerprint density at radius 1 is 0.938 bits per heavy atom. The van der Waals surface area contributed by atoms with Gasteiger partial charge in [-0.15, -0.1) is 0 Å². The van der Waals surface area contributed by atoms with Crippen LogP contribution in [0, 0.1) is 0 Å². The number of rotatable bonds is 0. The van der Waals surface area contributed by atoms with Crippen LogP contribution in [0.5, 0.6) is 0 Å². The second-order valence-corrected chi connectivity index (χ2v) is 4.92. The van der Waals surface area contributed by atoms with E-state index in [1.807, 2.05) is 18.2 Å². The molecule has 2 N–H and O–H groups in total. The average molecular weight is 225 g/mol. The number of hydrogen-bond acceptors (Lipinski definition) is 2. The Hall–Kier alpha value is -1.67. The number of nitrogens with two attached hydrogens (primary N) is 1. The van der Waals surface area contributed by atoms with Crippen molar-refractivity contribution >= 4 is 23.0 Å². The lowest BCUT2D eigenvalue weighted by molar-refractivity contribution is 1.29. The van der Waals surface area contributed by atoms with Gasteiger partial charge < -0.3 is 5.73 Å². The number of nitrogen functional groups attached to an aromatic ring is 1. The molecule has 2 aromatic carbocycles. The number of hydrogen-bond donors (Lipinski definition) is 1. The van der Waals surface area contributed by atoms with Gasteiger partial charge in [0.05, 0.1) is 0 Å². The van der Waals surface area contributed by atoms with Crippen LogP contribution in [-0.4, -0.2) is 0 Å². The molecule has 0 fully saturated rings. The first kappa shape index (κ1) is 9.55. The fourth-order valence-corrected chi connectivity index (χ4v) is 3.12. The molecular formula is C14H11NS. The van der Waals surface area contributed by atoms with E-state index < -0.39 is 0 Å². The van der Waals surface area contributed by atoms with E-state index in [4.69, 9.17) is 5.73 Å². The molecule has 16 heavy (non-hydrogen) atoms. The molecule has 0 amide bonds. The summed E-state index contributed by atoms with van der Waals surface area (Å²) in [6.07, 6.45) is 0. The van der Waals surface area contributed by atoms with Crippen LogP contribution in [0.15, 0.2) is 58.8 Å². The SMILES string of the molecule is C=C1c2ccccc2Sc2cc(N)ccc21. The van der Waals surface area contributed by atoms with E-state index in [-0.39, 0.29) is 0 Å². The lowest BCUT2D eigenvalue weighted by atomic mass is 9.99. The smallest absolute Gasteiger partial charge is 0.0325 e. The van der Waals surface area contributed by atoms with Gasteiger partial charge in [0.1, 0.15) is 0 Å². The van der Waals surface area contributed by atoms with Crippen molar-refractivity contribution in [1.82, 2.24) is 0 Å². The van der Waals surface area contributed by atoms with Gasteiger partial charge in [-0.1, -0.05) is 42.6 Å². The third kappa shape index (κ3) is 1.34. The number of fused-ring (bicyclic) bond motifs is 2. The minimum Gasteiger partial charge on any atom is -0.399 e.